The summed E-state index contributed by atoms with van der Waals surface area (Å²) in [4.78, 5) is 10.4. The molecule has 2 rings (SSSR count). The molecule has 2 N–H and O–H groups in total. The number of benzene rings is 2. The van der Waals surface area contributed by atoms with E-state index in [1.54, 1.807) is 19.9 Å². The van der Waals surface area contributed by atoms with E-state index in [-0.39, 0.29) is 18.0 Å². The minimum absolute atomic E-state index is 0.0128. The van der Waals surface area contributed by atoms with Gasteiger partial charge in [0, 0.05) is 18.2 Å². The quantitative estimate of drug-likeness (QED) is 0.689. The van der Waals surface area contributed by atoms with Crippen molar-refractivity contribution in [2.24, 2.45) is 5.73 Å². The van der Waals surface area contributed by atoms with E-state index >= 15 is 0 Å². The zero-order valence-electron chi connectivity index (χ0n) is 11.7. The maximum absolute atomic E-state index is 13.9. The normalized spacial score (nSPS) is 10.5. The molecule has 0 aromatic heterocycles. The van der Waals surface area contributed by atoms with Crippen molar-refractivity contribution in [1.29, 1.82) is 0 Å². The van der Waals surface area contributed by atoms with Gasteiger partial charge in [0.25, 0.3) is 5.69 Å². The number of nitro groups is 1. The van der Waals surface area contributed by atoms with Crippen LogP contribution in [-0.2, 0) is 6.54 Å². The fourth-order valence-corrected chi connectivity index (χ4v) is 1.95. The Hall–Kier alpha value is -2.47. The second-order valence-electron chi connectivity index (χ2n) is 4.73. The fourth-order valence-electron chi connectivity index (χ4n) is 1.95. The highest BCUT2D eigenvalue weighted by Gasteiger charge is 2.15. The molecule has 0 aliphatic heterocycles. The number of hydrogen-bond donors (Lipinski definition) is 1. The summed E-state index contributed by atoms with van der Waals surface area (Å²) < 4.78 is 19.4. The van der Waals surface area contributed by atoms with Gasteiger partial charge in [-0.1, -0.05) is 6.07 Å². The molecule has 0 radical (unpaired) electrons. The van der Waals surface area contributed by atoms with Crippen LogP contribution in [0.15, 0.2) is 30.3 Å². The third kappa shape index (κ3) is 3.17. The maximum Gasteiger partial charge on any atom is 0.272 e. The zero-order valence-corrected chi connectivity index (χ0v) is 11.7. The molecule has 6 heteroatoms. The average Bonchev–Trinajstić information content (AvgIpc) is 2.44. The van der Waals surface area contributed by atoms with Crippen molar-refractivity contribution < 1.29 is 14.1 Å². The van der Waals surface area contributed by atoms with E-state index in [4.69, 9.17) is 10.5 Å². The van der Waals surface area contributed by atoms with Crippen molar-refractivity contribution in [3.8, 4) is 11.5 Å². The Balaban J connectivity index is 2.36. The molecule has 110 valence electrons. The summed E-state index contributed by atoms with van der Waals surface area (Å²) in [6.45, 7) is 3.53. The first-order chi connectivity index (χ1) is 9.92. The Bertz CT molecular complexity index is 702. The monoisotopic (exact) mass is 290 g/mol. The van der Waals surface area contributed by atoms with Crippen LogP contribution in [0.3, 0.4) is 0 Å². The summed E-state index contributed by atoms with van der Waals surface area (Å²) in [7, 11) is 0. The lowest BCUT2D eigenvalue weighted by Gasteiger charge is -2.11. The Morgan fingerprint density at radius 3 is 2.48 bits per heavy atom. The smallest absolute Gasteiger partial charge is 0.272 e. The third-order valence-electron chi connectivity index (χ3n) is 3.14. The van der Waals surface area contributed by atoms with E-state index in [2.05, 4.69) is 0 Å². The maximum atomic E-state index is 13.9. The molecule has 2 aromatic rings. The molecular formula is C15H15FN2O3. The number of nitro benzene ring substituents is 1. The lowest BCUT2D eigenvalue weighted by atomic mass is 10.1. The van der Waals surface area contributed by atoms with Crippen LogP contribution in [0.25, 0.3) is 0 Å². The Morgan fingerprint density at radius 1 is 1.19 bits per heavy atom. The Morgan fingerprint density at radius 2 is 1.90 bits per heavy atom. The van der Waals surface area contributed by atoms with Crippen LogP contribution in [0, 0.1) is 29.8 Å². The minimum Gasteiger partial charge on any atom is -0.454 e. The van der Waals surface area contributed by atoms with E-state index in [0.29, 0.717) is 22.4 Å². The molecule has 2 aromatic carbocycles. The number of halogens is 1. The van der Waals surface area contributed by atoms with E-state index < -0.39 is 10.7 Å². The van der Waals surface area contributed by atoms with Crippen LogP contribution in [0.4, 0.5) is 10.1 Å². The molecule has 21 heavy (non-hydrogen) atoms. The van der Waals surface area contributed by atoms with Gasteiger partial charge in [0.2, 0.25) is 0 Å². The van der Waals surface area contributed by atoms with Gasteiger partial charge < -0.3 is 10.5 Å². The molecule has 5 nitrogen and oxygen atoms in total. The van der Waals surface area contributed by atoms with Gasteiger partial charge in [0.05, 0.1) is 4.92 Å². The van der Waals surface area contributed by atoms with Crippen molar-refractivity contribution in [1.82, 2.24) is 0 Å². The number of aryl methyl sites for hydroxylation is 2. The zero-order chi connectivity index (χ0) is 15.6. The number of nitrogens with two attached hydrogens (primary N) is 1. The number of nitrogens with zero attached hydrogens (tertiary/aromatic N) is 1. The van der Waals surface area contributed by atoms with Crippen molar-refractivity contribution in [2.45, 2.75) is 20.4 Å². The van der Waals surface area contributed by atoms with Gasteiger partial charge in [0.1, 0.15) is 5.75 Å². The van der Waals surface area contributed by atoms with Gasteiger partial charge in [0.15, 0.2) is 11.6 Å². The van der Waals surface area contributed by atoms with Crippen molar-refractivity contribution >= 4 is 5.69 Å². The second-order valence-corrected chi connectivity index (χ2v) is 4.73. The molecular weight excluding hydrogens is 275 g/mol. The van der Waals surface area contributed by atoms with Crippen molar-refractivity contribution in [3.63, 3.8) is 0 Å². The van der Waals surface area contributed by atoms with Gasteiger partial charge in [-0.05, 0) is 43.2 Å². The lowest BCUT2D eigenvalue weighted by molar-refractivity contribution is -0.385. The van der Waals surface area contributed by atoms with Crippen LogP contribution in [0.5, 0.6) is 11.5 Å². The summed E-state index contributed by atoms with van der Waals surface area (Å²) in [5.41, 5.74) is 7.14. The second kappa shape index (κ2) is 5.88. The van der Waals surface area contributed by atoms with E-state index in [1.165, 1.54) is 24.3 Å². The SMILES string of the molecule is Cc1cc([N+](=O)[O-])c(C)cc1Oc1ccc(CN)cc1F. The molecule has 0 fully saturated rings. The molecule has 0 amide bonds. The largest absolute Gasteiger partial charge is 0.454 e. The Kier molecular flexibility index (Phi) is 4.18. The van der Waals surface area contributed by atoms with Gasteiger partial charge >= 0.3 is 0 Å². The summed E-state index contributed by atoms with van der Waals surface area (Å²) >= 11 is 0. The standard InChI is InChI=1S/C15H15FN2O3/c1-9-6-15(10(2)5-13(9)18(19)20)21-14-4-3-11(8-17)7-12(14)16/h3-7H,8,17H2,1-2H3. The molecule has 0 unspecified atom stereocenters. The van der Waals surface area contributed by atoms with Crippen LogP contribution in [0.1, 0.15) is 16.7 Å². The first-order valence-corrected chi connectivity index (χ1v) is 6.34. The lowest BCUT2D eigenvalue weighted by Crippen LogP contribution is -1.99. The molecule has 0 heterocycles. The highest BCUT2D eigenvalue weighted by atomic mass is 19.1. The van der Waals surface area contributed by atoms with Crippen molar-refractivity contribution in [3.05, 3.63) is 63.0 Å². The van der Waals surface area contributed by atoms with E-state index in [1.807, 2.05) is 0 Å². The minimum atomic E-state index is -0.520. The topological polar surface area (TPSA) is 78.4 Å². The van der Waals surface area contributed by atoms with Crippen LogP contribution in [0.2, 0.25) is 0 Å². The molecule has 0 saturated heterocycles. The van der Waals surface area contributed by atoms with E-state index in [9.17, 15) is 14.5 Å². The third-order valence-corrected chi connectivity index (χ3v) is 3.14. The van der Waals surface area contributed by atoms with Crippen LogP contribution < -0.4 is 10.5 Å². The number of hydrogen-bond acceptors (Lipinski definition) is 4. The van der Waals surface area contributed by atoms with Gasteiger partial charge in [-0.3, -0.25) is 10.1 Å². The summed E-state index contributed by atoms with van der Waals surface area (Å²) in [6.07, 6.45) is 0. The molecule has 0 aliphatic rings. The average molecular weight is 290 g/mol. The molecule has 0 saturated carbocycles. The van der Waals surface area contributed by atoms with Crippen molar-refractivity contribution in [2.75, 3.05) is 0 Å². The summed E-state index contributed by atoms with van der Waals surface area (Å²) in [5, 5.41) is 10.9. The Labute approximate surface area is 121 Å². The van der Waals surface area contributed by atoms with Gasteiger partial charge in [-0.25, -0.2) is 4.39 Å². The highest BCUT2D eigenvalue weighted by molar-refractivity contribution is 5.50. The van der Waals surface area contributed by atoms with Gasteiger partial charge in [-0.2, -0.15) is 0 Å². The fraction of sp³-hybridized carbons (Fsp3) is 0.200. The van der Waals surface area contributed by atoms with Crippen LogP contribution >= 0.6 is 0 Å². The molecule has 0 bridgehead atoms. The molecule has 0 aliphatic carbocycles. The highest BCUT2D eigenvalue weighted by Crippen LogP contribution is 2.32. The molecule has 0 spiro atoms. The first kappa shape index (κ1) is 14.9. The number of ether oxygens (including phenoxy) is 1. The van der Waals surface area contributed by atoms with E-state index in [0.717, 1.165) is 0 Å². The summed E-state index contributed by atoms with van der Waals surface area (Å²) in [5.74, 6) is -0.0746. The summed E-state index contributed by atoms with van der Waals surface area (Å²) in [6, 6.07) is 7.42. The van der Waals surface area contributed by atoms with Crippen LogP contribution in [-0.4, -0.2) is 4.92 Å². The number of rotatable bonds is 4. The van der Waals surface area contributed by atoms with Gasteiger partial charge in [-0.15, -0.1) is 0 Å². The molecule has 0 atom stereocenters. The predicted molar refractivity (Wildman–Crippen MR) is 76.9 cm³/mol. The predicted octanol–water partition coefficient (Wildman–Crippen LogP) is 3.60. The first-order valence-electron chi connectivity index (χ1n) is 6.34.